The summed E-state index contributed by atoms with van der Waals surface area (Å²) in [6.07, 6.45) is 1.07. The summed E-state index contributed by atoms with van der Waals surface area (Å²) in [7, 11) is 0. The molecule has 38 heavy (non-hydrogen) atoms. The maximum absolute atomic E-state index is 12.4. The van der Waals surface area contributed by atoms with Gasteiger partial charge in [0.15, 0.2) is 23.2 Å². The van der Waals surface area contributed by atoms with Crippen LogP contribution in [-0.2, 0) is 27.3 Å². The first-order chi connectivity index (χ1) is 18.7. The highest BCUT2D eigenvalue weighted by Gasteiger charge is 2.59. The Hall–Kier alpha value is -4.55. The summed E-state index contributed by atoms with van der Waals surface area (Å²) in [5.74, 6) is 0.278. The number of hydrogen-bond acceptors (Lipinski definition) is 8. The Labute approximate surface area is 217 Å². The summed E-state index contributed by atoms with van der Waals surface area (Å²) in [6, 6.07) is 18.7. The number of imidazole rings is 1. The number of aromatic nitrogens is 4. The van der Waals surface area contributed by atoms with E-state index in [1.54, 1.807) is 10.9 Å². The molecule has 2 aromatic heterocycles. The highest BCUT2D eigenvalue weighted by Crippen LogP contribution is 2.45. The Kier molecular flexibility index (Phi) is 6.54. The standard InChI is InChI=1S/C26H25N7O5/c34-25(27-11-16-7-3-1-4-8-16)32-22-19-23(30-14-29-22)33(15-31-19)24-21-20(38-21)18(37-24)13-36-26(35)28-12-17-9-5-2-6-10-17/h1-10,14-15,18,20-21,24H,11-13H2,(H,28,35)(H2,27,29,30,32,34)/t18-,20-,21-,24-/m1/s1. The lowest BCUT2D eigenvalue weighted by atomic mass is 10.2. The van der Waals surface area contributed by atoms with Crippen LogP contribution in [0.2, 0.25) is 0 Å². The number of alkyl carbamates (subject to hydrolysis) is 1. The molecule has 0 aliphatic carbocycles. The van der Waals surface area contributed by atoms with Gasteiger partial charge in [0.05, 0.1) is 6.33 Å². The molecule has 0 bridgehead atoms. The van der Waals surface area contributed by atoms with E-state index in [-0.39, 0.29) is 24.6 Å². The van der Waals surface area contributed by atoms with E-state index in [4.69, 9.17) is 14.2 Å². The molecule has 2 aliphatic rings. The van der Waals surface area contributed by atoms with E-state index in [9.17, 15) is 9.59 Å². The molecule has 2 saturated heterocycles. The van der Waals surface area contributed by atoms with Crippen molar-refractivity contribution in [3.05, 3.63) is 84.4 Å². The van der Waals surface area contributed by atoms with Gasteiger partial charge in [-0.2, -0.15) is 0 Å². The number of carbonyl (C=O) groups is 2. The molecule has 0 radical (unpaired) electrons. The zero-order valence-electron chi connectivity index (χ0n) is 20.2. The molecule has 12 heteroatoms. The molecule has 4 aromatic rings. The van der Waals surface area contributed by atoms with Gasteiger partial charge in [-0.15, -0.1) is 0 Å². The first kappa shape index (κ1) is 23.8. The van der Waals surface area contributed by atoms with Crippen molar-refractivity contribution in [1.29, 1.82) is 0 Å². The summed E-state index contributed by atoms with van der Waals surface area (Å²) in [5, 5.41) is 8.26. The van der Waals surface area contributed by atoms with Crippen molar-refractivity contribution < 1.29 is 23.8 Å². The van der Waals surface area contributed by atoms with Crippen LogP contribution in [0.1, 0.15) is 17.4 Å². The summed E-state index contributed by atoms with van der Waals surface area (Å²) in [4.78, 5) is 37.5. The van der Waals surface area contributed by atoms with Crippen molar-refractivity contribution in [3.63, 3.8) is 0 Å². The number of carbonyl (C=O) groups excluding carboxylic acids is 2. The van der Waals surface area contributed by atoms with Gasteiger partial charge in [0.25, 0.3) is 0 Å². The first-order valence-electron chi connectivity index (χ1n) is 12.2. The average molecular weight is 516 g/mol. The predicted molar refractivity (Wildman–Crippen MR) is 135 cm³/mol. The third kappa shape index (κ3) is 5.12. The molecule has 3 N–H and O–H groups in total. The Morgan fingerprint density at radius 2 is 1.58 bits per heavy atom. The lowest BCUT2D eigenvalue weighted by molar-refractivity contribution is -0.0837. The second-order valence-electron chi connectivity index (χ2n) is 8.91. The molecule has 12 nitrogen and oxygen atoms in total. The smallest absolute Gasteiger partial charge is 0.407 e. The van der Waals surface area contributed by atoms with Gasteiger partial charge in [0.1, 0.15) is 31.2 Å². The number of nitrogens with one attached hydrogen (secondary N) is 3. The van der Waals surface area contributed by atoms with Crippen LogP contribution >= 0.6 is 0 Å². The SMILES string of the molecule is O=C(NCc1ccccc1)Nc1ncnc2c1ncn2[C@@H]1O[C@H](COC(=O)NCc2ccccc2)[C@H]2O[C@H]21. The van der Waals surface area contributed by atoms with Gasteiger partial charge in [-0.3, -0.25) is 9.88 Å². The van der Waals surface area contributed by atoms with Gasteiger partial charge in [0, 0.05) is 13.1 Å². The van der Waals surface area contributed by atoms with Gasteiger partial charge in [-0.1, -0.05) is 60.7 Å². The lowest BCUT2D eigenvalue weighted by Crippen LogP contribution is -2.30. The number of rotatable bonds is 8. The molecule has 4 heterocycles. The van der Waals surface area contributed by atoms with Crippen molar-refractivity contribution in [3.8, 4) is 0 Å². The average Bonchev–Trinajstić information content (AvgIpc) is 3.49. The number of anilines is 1. The molecule has 194 valence electrons. The minimum absolute atomic E-state index is 0.0499. The second kappa shape index (κ2) is 10.4. The number of ether oxygens (including phenoxy) is 3. The van der Waals surface area contributed by atoms with E-state index in [1.165, 1.54) is 6.33 Å². The minimum atomic E-state index is -0.528. The number of benzene rings is 2. The van der Waals surface area contributed by atoms with E-state index >= 15 is 0 Å². The van der Waals surface area contributed by atoms with Crippen molar-refractivity contribution in [2.45, 2.75) is 37.6 Å². The van der Waals surface area contributed by atoms with Crippen molar-refractivity contribution in [2.75, 3.05) is 11.9 Å². The Balaban J connectivity index is 1.05. The summed E-state index contributed by atoms with van der Waals surface area (Å²) < 4.78 is 19.0. The van der Waals surface area contributed by atoms with E-state index in [1.807, 2.05) is 60.7 Å². The molecule has 2 aliphatic heterocycles. The fourth-order valence-electron chi connectivity index (χ4n) is 4.40. The first-order valence-corrected chi connectivity index (χ1v) is 12.2. The Bertz CT molecular complexity index is 1430. The third-order valence-corrected chi connectivity index (χ3v) is 6.34. The van der Waals surface area contributed by atoms with Gasteiger partial charge in [0.2, 0.25) is 0 Å². The molecule has 2 fully saturated rings. The van der Waals surface area contributed by atoms with Gasteiger partial charge in [-0.25, -0.2) is 24.5 Å². The predicted octanol–water partition coefficient (Wildman–Crippen LogP) is 2.74. The minimum Gasteiger partial charge on any atom is -0.447 e. The van der Waals surface area contributed by atoms with Crippen LogP contribution in [-0.4, -0.2) is 56.6 Å². The summed E-state index contributed by atoms with van der Waals surface area (Å²) >= 11 is 0. The highest BCUT2D eigenvalue weighted by atomic mass is 16.7. The van der Waals surface area contributed by atoms with Crippen LogP contribution < -0.4 is 16.0 Å². The van der Waals surface area contributed by atoms with E-state index in [0.29, 0.717) is 24.3 Å². The van der Waals surface area contributed by atoms with Gasteiger partial charge < -0.3 is 24.8 Å². The number of amides is 3. The highest BCUT2D eigenvalue weighted by molar-refractivity contribution is 5.95. The normalized spacial score (nSPS) is 21.5. The summed E-state index contributed by atoms with van der Waals surface area (Å²) in [6.45, 7) is 0.797. The van der Waals surface area contributed by atoms with Crippen molar-refractivity contribution in [1.82, 2.24) is 30.2 Å². The molecule has 0 spiro atoms. The monoisotopic (exact) mass is 515 g/mol. The van der Waals surface area contributed by atoms with Gasteiger partial charge >= 0.3 is 12.1 Å². The molecular formula is C26H25N7O5. The summed E-state index contributed by atoms with van der Waals surface area (Å²) in [5.41, 5.74) is 2.86. The largest absolute Gasteiger partial charge is 0.447 e. The van der Waals surface area contributed by atoms with Crippen molar-refractivity contribution >= 4 is 29.1 Å². The molecule has 2 aromatic carbocycles. The molecule has 4 atom stereocenters. The van der Waals surface area contributed by atoms with Crippen LogP contribution in [0, 0.1) is 0 Å². The van der Waals surface area contributed by atoms with Crippen LogP contribution in [0.25, 0.3) is 11.2 Å². The lowest BCUT2D eigenvalue weighted by Gasteiger charge is -2.19. The van der Waals surface area contributed by atoms with E-state index in [0.717, 1.165) is 11.1 Å². The zero-order chi connectivity index (χ0) is 25.9. The number of fused-ring (bicyclic) bond motifs is 2. The van der Waals surface area contributed by atoms with Crippen LogP contribution in [0.3, 0.4) is 0 Å². The number of hydrogen-bond donors (Lipinski definition) is 3. The van der Waals surface area contributed by atoms with E-state index < -0.39 is 24.5 Å². The Morgan fingerprint density at radius 1 is 0.868 bits per heavy atom. The van der Waals surface area contributed by atoms with Crippen molar-refractivity contribution in [2.24, 2.45) is 0 Å². The van der Waals surface area contributed by atoms with Crippen LogP contribution in [0.15, 0.2) is 73.3 Å². The van der Waals surface area contributed by atoms with Crippen LogP contribution in [0.5, 0.6) is 0 Å². The molecule has 0 unspecified atom stereocenters. The molecule has 6 rings (SSSR count). The van der Waals surface area contributed by atoms with Crippen LogP contribution in [0.4, 0.5) is 15.4 Å². The quantitative estimate of drug-likeness (QED) is 0.304. The number of urea groups is 1. The third-order valence-electron chi connectivity index (χ3n) is 6.34. The molecule has 3 amide bonds. The second-order valence-corrected chi connectivity index (χ2v) is 8.91. The fraction of sp³-hybridized carbons (Fsp3) is 0.269. The topological polar surface area (TPSA) is 145 Å². The molecular weight excluding hydrogens is 490 g/mol. The Morgan fingerprint density at radius 3 is 2.32 bits per heavy atom. The maximum atomic E-state index is 12.4. The van der Waals surface area contributed by atoms with E-state index in [2.05, 4.69) is 30.9 Å². The fourth-order valence-corrected chi connectivity index (χ4v) is 4.40. The molecule has 0 saturated carbocycles. The zero-order valence-corrected chi connectivity index (χ0v) is 20.2. The maximum Gasteiger partial charge on any atom is 0.407 e. The number of nitrogens with zero attached hydrogens (tertiary/aromatic N) is 4. The van der Waals surface area contributed by atoms with Gasteiger partial charge in [-0.05, 0) is 11.1 Å². The number of epoxide rings is 1.